The van der Waals surface area contributed by atoms with Crippen molar-refractivity contribution in [2.75, 3.05) is 13.1 Å². The molecule has 1 fully saturated rings. The maximum atomic E-state index is 2.75. The number of allylic oxidation sites excluding steroid dienone is 2. The van der Waals surface area contributed by atoms with Gasteiger partial charge >= 0.3 is 0 Å². The fraction of sp³-hybridized carbons (Fsp3) is 0.333. The van der Waals surface area contributed by atoms with Crippen LogP contribution in [0.1, 0.15) is 42.7 Å². The standard InChI is InChI=1S/C24H27N/c1-5-13-21(14-6-1)23(22-15-7-2-8-16-22)24(17-9-3-10-18-24)25-19-11-4-12-20-25/h1-3,5-10,13-17,23H,4,11-12,18-20H2. The van der Waals surface area contributed by atoms with Gasteiger partial charge in [0, 0.05) is 5.92 Å². The molecule has 4 rings (SSSR count). The minimum Gasteiger partial charge on any atom is -0.293 e. The summed E-state index contributed by atoms with van der Waals surface area (Å²) < 4.78 is 0. The molecule has 1 atom stereocenters. The zero-order valence-corrected chi connectivity index (χ0v) is 14.9. The van der Waals surface area contributed by atoms with Gasteiger partial charge in [-0.25, -0.2) is 0 Å². The van der Waals surface area contributed by atoms with Crippen LogP contribution in [0.5, 0.6) is 0 Å². The lowest BCUT2D eigenvalue weighted by atomic mass is 9.70. The summed E-state index contributed by atoms with van der Waals surface area (Å²) in [6.45, 7) is 2.41. The number of likely N-dealkylation sites (tertiary alicyclic amines) is 1. The van der Waals surface area contributed by atoms with Crippen LogP contribution in [0.3, 0.4) is 0 Å². The molecule has 1 nitrogen and oxygen atoms in total. The molecule has 2 aliphatic rings. The summed E-state index contributed by atoms with van der Waals surface area (Å²) in [7, 11) is 0. The summed E-state index contributed by atoms with van der Waals surface area (Å²) in [5.74, 6) is 0.356. The minimum absolute atomic E-state index is 0.0396. The zero-order valence-electron chi connectivity index (χ0n) is 14.9. The van der Waals surface area contributed by atoms with E-state index in [0.29, 0.717) is 5.92 Å². The molecule has 25 heavy (non-hydrogen) atoms. The number of piperidine rings is 1. The first-order valence-electron chi connectivity index (χ1n) is 9.59. The lowest BCUT2D eigenvalue weighted by molar-refractivity contribution is 0.0910. The Labute approximate surface area is 151 Å². The molecule has 0 spiro atoms. The van der Waals surface area contributed by atoms with Crippen LogP contribution >= 0.6 is 0 Å². The molecule has 0 aromatic heterocycles. The maximum Gasteiger partial charge on any atom is 0.0538 e. The summed E-state index contributed by atoms with van der Waals surface area (Å²) in [6.07, 6.45) is 14.4. The quantitative estimate of drug-likeness (QED) is 0.710. The van der Waals surface area contributed by atoms with Crippen molar-refractivity contribution in [1.29, 1.82) is 0 Å². The molecule has 2 aromatic carbocycles. The predicted octanol–water partition coefficient (Wildman–Crippen LogP) is 5.56. The van der Waals surface area contributed by atoms with Crippen LogP contribution in [-0.2, 0) is 0 Å². The van der Waals surface area contributed by atoms with Crippen molar-refractivity contribution in [3.63, 3.8) is 0 Å². The third-order valence-electron chi connectivity index (χ3n) is 5.79. The molecule has 1 heteroatoms. The first kappa shape index (κ1) is 16.4. The second-order valence-electron chi connectivity index (χ2n) is 7.28. The first-order chi connectivity index (χ1) is 12.4. The van der Waals surface area contributed by atoms with E-state index in [2.05, 4.69) is 89.9 Å². The van der Waals surface area contributed by atoms with Crippen molar-refractivity contribution in [2.45, 2.75) is 37.1 Å². The Morgan fingerprint density at radius 3 is 1.84 bits per heavy atom. The Bertz CT molecular complexity index is 686. The van der Waals surface area contributed by atoms with Crippen molar-refractivity contribution >= 4 is 0 Å². The van der Waals surface area contributed by atoms with Gasteiger partial charge in [-0.2, -0.15) is 0 Å². The van der Waals surface area contributed by atoms with E-state index in [4.69, 9.17) is 0 Å². The normalized spacial score (nSPS) is 23.9. The number of hydrogen-bond donors (Lipinski definition) is 0. The number of benzene rings is 2. The van der Waals surface area contributed by atoms with E-state index < -0.39 is 0 Å². The Morgan fingerprint density at radius 2 is 1.32 bits per heavy atom. The van der Waals surface area contributed by atoms with Crippen LogP contribution < -0.4 is 0 Å². The van der Waals surface area contributed by atoms with E-state index in [1.807, 2.05) is 0 Å². The van der Waals surface area contributed by atoms with E-state index in [1.165, 1.54) is 43.5 Å². The van der Waals surface area contributed by atoms with Crippen molar-refractivity contribution in [3.05, 3.63) is 96.1 Å². The van der Waals surface area contributed by atoms with Crippen molar-refractivity contribution < 1.29 is 0 Å². The molecule has 1 heterocycles. The van der Waals surface area contributed by atoms with E-state index in [-0.39, 0.29) is 5.54 Å². The summed E-state index contributed by atoms with van der Waals surface area (Å²) in [4.78, 5) is 2.75. The molecule has 0 bridgehead atoms. The molecule has 0 amide bonds. The van der Waals surface area contributed by atoms with Crippen LogP contribution in [0.2, 0.25) is 0 Å². The zero-order chi connectivity index (χ0) is 17.0. The molecule has 128 valence electrons. The molecule has 0 radical (unpaired) electrons. The van der Waals surface area contributed by atoms with Crippen LogP contribution in [0.25, 0.3) is 0 Å². The topological polar surface area (TPSA) is 3.24 Å². The number of nitrogens with zero attached hydrogens (tertiary/aromatic N) is 1. The molecule has 1 saturated heterocycles. The van der Waals surface area contributed by atoms with Gasteiger partial charge in [0.25, 0.3) is 0 Å². The van der Waals surface area contributed by atoms with Gasteiger partial charge in [-0.05, 0) is 43.5 Å². The minimum atomic E-state index is 0.0396. The summed E-state index contributed by atoms with van der Waals surface area (Å²) in [5, 5.41) is 0. The third-order valence-corrected chi connectivity index (χ3v) is 5.79. The molecule has 2 aromatic rings. The highest BCUT2D eigenvalue weighted by molar-refractivity contribution is 5.42. The Balaban J connectivity index is 1.85. The van der Waals surface area contributed by atoms with Crippen molar-refractivity contribution in [2.24, 2.45) is 0 Å². The second kappa shape index (κ2) is 7.41. The van der Waals surface area contributed by atoms with Crippen molar-refractivity contribution in [1.82, 2.24) is 4.90 Å². The van der Waals surface area contributed by atoms with Crippen LogP contribution in [0.15, 0.2) is 85.0 Å². The highest BCUT2D eigenvalue weighted by Crippen LogP contribution is 2.44. The SMILES string of the molecule is C1=CCC(C(c2ccccc2)c2ccccc2)(N2CCCCC2)C=C1. The van der Waals surface area contributed by atoms with Gasteiger partial charge in [-0.1, -0.05) is 91.4 Å². The van der Waals surface area contributed by atoms with E-state index in [1.54, 1.807) is 0 Å². The van der Waals surface area contributed by atoms with Crippen LogP contribution in [0, 0.1) is 0 Å². The van der Waals surface area contributed by atoms with Gasteiger partial charge in [-0.3, -0.25) is 4.90 Å². The van der Waals surface area contributed by atoms with Gasteiger partial charge in [-0.15, -0.1) is 0 Å². The lowest BCUT2D eigenvalue weighted by Gasteiger charge is -2.49. The lowest BCUT2D eigenvalue weighted by Crippen LogP contribution is -2.54. The van der Waals surface area contributed by atoms with E-state index in [9.17, 15) is 0 Å². The Hall–Kier alpha value is -2.12. The Morgan fingerprint density at radius 1 is 0.720 bits per heavy atom. The Kier molecular flexibility index (Phi) is 4.85. The molecule has 0 saturated carbocycles. The third kappa shape index (κ3) is 3.21. The average Bonchev–Trinajstić information content (AvgIpc) is 2.71. The van der Waals surface area contributed by atoms with Gasteiger partial charge in [0.15, 0.2) is 0 Å². The molecule has 1 aliphatic heterocycles. The summed E-state index contributed by atoms with van der Waals surface area (Å²) in [6, 6.07) is 22.2. The average molecular weight is 329 g/mol. The fourth-order valence-electron chi connectivity index (χ4n) is 4.63. The highest BCUT2D eigenvalue weighted by Gasteiger charge is 2.43. The molecule has 1 unspecified atom stereocenters. The van der Waals surface area contributed by atoms with Crippen molar-refractivity contribution in [3.8, 4) is 0 Å². The first-order valence-corrected chi connectivity index (χ1v) is 9.59. The molecular weight excluding hydrogens is 302 g/mol. The number of hydrogen-bond acceptors (Lipinski definition) is 1. The smallest absolute Gasteiger partial charge is 0.0538 e. The van der Waals surface area contributed by atoms with Gasteiger partial charge < -0.3 is 0 Å². The van der Waals surface area contributed by atoms with Crippen LogP contribution in [-0.4, -0.2) is 23.5 Å². The van der Waals surface area contributed by atoms with Crippen LogP contribution in [0.4, 0.5) is 0 Å². The monoisotopic (exact) mass is 329 g/mol. The summed E-state index contributed by atoms with van der Waals surface area (Å²) >= 11 is 0. The highest BCUT2D eigenvalue weighted by atomic mass is 15.2. The van der Waals surface area contributed by atoms with E-state index in [0.717, 1.165) is 6.42 Å². The fourth-order valence-corrected chi connectivity index (χ4v) is 4.63. The molecule has 1 aliphatic carbocycles. The summed E-state index contributed by atoms with van der Waals surface area (Å²) in [5.41, 5.74) is 2.87. The largest absolute Gasteiger partial charge is 0.293 e. The van der Waals surface area contributed by atoms with E-state index >= 15 is 0 Å². The molecule has 0 N–H and O–H groups in total. The second-order valence-corrected chi connectivity index (χ2v) is 7.28. The molecular formula is C24H27N. The predicted molar refractivity (Wildman–Crippen MR) is 106 cm³/mol. The van der Waals surface area contributed by atoms with Gasteiger partial charge in [0.2, 0.25) is 0 Å². The maximum absolute atomic E-state index is 2.75. The number of rotatable bonds is 4. The van der Waals surface area contributed by atoms with Gasteiger partial charge in [0.1, 0.15) is 0 Å². The van der Waals surface area contributed by atoms with Gasteiger partial charge in [0.05, 0.1) is 5.54 Å².